The molecule has 0 bridgehead atoms. The van der Waals surface area contributed by atoms with E-state index >= 15 is 0 Å². The van der Waals surface area contributed by atoms with Crippen molar-refractivity contribution in [2.75, 3.05) is 6.54 Å². The number of pyridine rings is 1. The zero-order chi connectivity index (χ0) is 14.7. The number of benzene rings is 1. The Bertz CT molecular complexity index is 617. The molecule has 2 unspecified atom stereocenters. The van der Waals surface area contributed by atoms with Crippen LogP contribution in [0.15, 0.2) is 30.5 Å². The van der Waals surface area contributed by atoms with Crippen LogP contribution in [0.25, 0.3) is 10.9 Å². The standard InChI is InChI=1S/C17H21ClN2O/c18-15-8-7-13(17-14(15)5-3-9-20-17)11-19-10-12-4-1-2-6-16(12)21/h3,5,7-9,12,16,19,21H,1-2,4,6,10-11H2. The number of hydrogen-bond donors (Lipinski definition) is 2. The SMILES string of the molecule is OC1CCCCC1CNCc1ccc(Cl)c2cccnc12. The maximum Gasteiger partial charge on any atom is 0.0761 e. The van der Waals surface area contributed by atoms with Crippen molar-refractivity contribution in [2.45, 2.75) is 38.3 Å². The Morgan fingerprint density at radius 3 is 2.95 bits per heavy atom. The molecular formula is C17H21ClN2O. The first-order chi connectivity index (χ1) is 10.3. The van der Waals surface area contributed by atoms with E-state index < -0.39 is 0 Å². The number of halogens is 1. The number of nitrogens with zero attached hydrogens (tertiary/aromatic N) is 1. The summed E-state index contributed by atoms with van der Waals surface area (Å²) < 4.78 is 0. The molecule has 1 aromatic heterocycles. The predicted molar refractivity (Wildman–Crippen MR) is 86.4 cm³/mol. The number of nitrogens with one attached hydrogen (secondary N) is 1. The minimum atomic E-state index is -0.147. The fourth-order valence-electron chi connectivity index (χ4n) is 3.16. The van der Waals surface area contributed by atoms with Crippen LogP contribution in [0, 0.1) is 5.92 Å². The maximum absolute atomic E-state index is 10.0. The number of aliphatic hydroxyl groups excluding tert-OH is 1. The molecule has 0 radical (unpaired) electrons. The summed E-state index contributed by atoms with van der Waals surface area (Å²) in [5.74, 6) is 0.380. The zero-order valence-corrected chi connectivity index (χ0v) is 12.8. The highest BCUT2D eigenvalue weighted by atomic mass is 35.5. The summed E-state index contributed by atoms with van der Waals surface area (Å²) in [6.45, 7) is 1.62. The zero-order valence-electron chi connectivity index (χ0n) is 12.1. The van der Waals surface area contributed by atoms with Gasteiger partial charge in [-0.3, -0.25) is 4.98 Å². The third-order valence-electron chi connectivity index (χ3n) is 4.39. The van der Waals surface area contributed by atoms with Gasteiger partial charge in [-0.1, -0.05) is 30.5 Å². The van der Waals surface area contributed by atoms with Crippen molar-refractivity contribution in [1.82, 2.24) is 10.3 Å². The second-order valence-electron chi connectivity index (χ2n) is 5.85. The van der Waals surface area contributed by atoms with Crippen molar-refractivity contribution in [2.24, 2.45) is 5.92 Å². The van der Waals surface area contributed by atoms with Crippen LogP contribution >= 0.6 is 11.6 Å². The molecular weight excluding hydrogens is 284 g/mol. The number of hydrogen-bond acceptors (Lipinski definition) is 3. The summed E-state index contributed by atoms with van der Waals surface area (Å²) in [7, 11) is 0. The van der Waals surface area contributed by atoms with Crippen LogP contribution in [0.5, 0.6) is 0 Å². The van der Waals surface area contributed by atoms with Crippen LogP contribution in [0.1, 0.15) is 31.2 Å². The number of aliphatic hydroxyl groups is 1. The Kier molecular flexibility index (Phi) is 4.73. The lowest BCUT2D eigenvalue weighted by Crippen LogP contribution is -2.33. The molecule has 1 fully saturated rings. The predicted octanol–water partition coefficient (Wildman–Crippen LogP) is 3.53. The molecule has 1 heterocycles. The highest BCUT2D eigenvalue weighted by Crippen LogP contribution is 2.26. The average Bonchev–Trinajstić information content (AvgIpc) is 2.52. The largest absolute Gasteiger partial charge is 0.393 e. The molecule has 0 aliphatic heterocycles. The number of fused-ring (bicyclic) bond motifs is 1. The van der Waals surface area contributed by atoms with Crippen LogP contribution in [0.2, 0.25) is 5.02 Å². The molecule has 2 N–H and O–H groups in total. The Morgan fingerprint density at radius 1 is 1.24 bits per heavy atom. The second kappa shape index (κ2) is 6.73. The van der Waals surface area contributed by atoms with Gasteiger partial charge >= 0.3 is 0 Å². The van der Waals surface area contributed by atoms with Gasteiger partial charge in [0.25, 0.3) is 0 Å². The summed E-state index contributed by atoms with van der Waals surface area (Å²) in [4.78, 5) is 4.45. The highest BCUT2D eigenvalue weighted by Gasteiger charge is 2.22. The van der Waals surface area contributed by atoms with E-state index in [9.17, 15) is 5.11 Å². The van der Waals surface area contributed by atoms with Crippen molar-refractivity contribution in [1.29, 1.82) is 0 Å². The monoisotopic (exact) mass is 304 g/mol. The van der Waals surface area contributed by atoms with Gasteiger partial charge < -0.3 is 10.4 Å². The molecule has 4 heteroatoms. The van der Waals surface area contributed by atoms with Crippen LogP contribution in [-0.2, 0) is 6.54 Å². The van der Waals surface area contributed by atoms with Crippen molar-refractivity contribution in [3.05, 3.63) is 41.0 Å². The van der Waals surface area contributed by atoms with Crippen LogP contribution in [0.4, 0.5) is 0 Å². The molecule has 1 aromatic carbocycles. The van der Waals surface area contributed by atoms with Crippen molar-refractivity contribution >= 4 is 22.5 Å². The molecule has 0 saturated heterocycles. The minimum absolute atomic E-state index is 0.147. The molecule has 2 aromatic rings. The van der Waals surface area contributed by atoms with Gasteiger partial charge in [-0.25, -0.2) is 0 Å². The summed E-state index contributed by atoms with van der Waals surface area (Å²) >= 11 is 6.21. The Hall–Kier alpha value is -1.16. The fraction of sp³-hybridized carbons (Fsp3) is 0.471. The van der Waals surface area contributed by atoms with E-state index in [2.05, 4.69) is 10.3 Å². The quantitative estimate of drug-likeness (QED) is 0.908. The van der Waals surface area contributed by atoms with E-state index in [1.807, 2.05) is 24.3 Å². The van der Waals surface area contributed by atoms with Gasteiger partial charge in [0, 0.05) is 29.7 Å². The lowest BCUT2D eigenvalue weighted by atomic mass is 9.86. The highest BCUT2D eigenvalue weighted by molar-refractivity contribution is 6.35. The third-order valence-corrected chi connectivity index (χ3v) is 4.72. The Labute approximate surface area is 130 Å². The third kappa shape index (κ3) is 3.37. The van der Waals surface area contributed by atoms with Gasteiger partial charge in [-0.2, -0.15) is 0 Å². The summed E-state index contributed by atoms with van der Waals surface area (Å²) in [6.07, 6.45) is 6.10. The van der Waals surface area contributed by atoms with Gasteiger partial charge in [-0.05, 0) is 42.5 Å². The molecule has 3 rings (SSSR count). The molecule has 112 valence electrons. The molecule has 21 heavy (non-hydrogen) atoms. The van der Waals surface area contributed by atoms with Crippen molar-refractivity contribution in [3.8, 4) is 0 Å². The molecule has 1 aliphatic rings. The van der Waals surface area contributed by atoms with Gasteiger partial charge in [0.05, 0.1) is 11.6 Å². The fourth-order valence-corrected chi connectivity index (χ4v) is 3.37. The molecule has 1 saturated carbocycles. The van der Waals surface area contributed by atoms with E-state index in [-0.39, 0.29) is 6.10 Å². The normalized spacial score (nSPS) is 22.6. The van der Waals surface area contributed by atoms with Crippen LogP contribution in [0.3, 0.4) is 0 Å². The summed E-state index contributed by atoms with van der Waals surface area (Å²) in [5.41, 5.74) is 2.11. The van der Waals surface area contributed by atoms with E-state index in [1.54, 1.807) is 6.20 Å². The van der Waals surface area contributed by atoms with Crippen LogP contribution < -0.4 is 5.32 Å². The molecule has 3 nitrogen and oxygen atoms in total. The Balaban J connectivity index is 1.67. The van der Waals surface area contributed by atoms with Gasteiger partial charge in [0.1, 0.15) is 0 Å². The first-order valence-electron chi connectivity index (χ1n) is 7.66. The molecule has 0 amide bonds. The average molecular weight is 305 g/mol. The van der Waals surface area contributed by atoms with Gasteiger partial charge in [0.15, 0.2) is 0 Å². The molecule has 0 spiro atoms. The molecule has 1 aliphatic carbocycles. The topological polar surface area (TPSA) is 45.1 Å². The van der Waals surface area contributed by atoms with E-state index in [1.165, 1.54) is 6.42 Å². The van der Waals surface area contributed by atoms with E-state index in [0.29, 0.717) is 5.92 Å². The molecule has 2 atom stereocenters. The van der Waals surface area contributed by atoms with Gasteiger partial charge in [0.2, 0.25) is 0 Å². The summed E-state index contributed by atoms with van der Waals surface area (Å²) in [5, 5.41) is 15.2. The second-order valence-corrected chi connectivity index (χ2v) is 6.26. The first kappa shape index (κ1) is 14.8. The maximum atomic E-state index is 10.0. The smallest absolute Gasteiger partial charge is 0.0761 e. The summed E-state index contributed by atoms with van der Waals surface area (Å²) in [6, 6.07) is 7.86. The lowest BCUT2D eigenvalue weighted by Gasteiger charge is -2.27. The lowest BCUT2D eigenvalue weighted by molar-refractivity contribution is 0.0695. The van der Waals surface area contributed by atoms with Crippen molar-refractivity contribution in [3.63, 3.8) is 0 Å². The first-order valence-corrected chi connectivity index (χ1v) is 8.04. The van der Waals surface area contributed by atoms with E-state index in [4.69, 9.17) is 11.6 Å². The minimum Gasteiger partial charge on any atom is -0.393 e. The van der Waals surface area contributed by atoms with Gasteiger partial charge in [-0.15, -0.1) is 0 Å². The Morgan fingerprint density at radius 2 is 2.10 bits per heavy atom. The number of rotatable bonds is 4. The van der Waals surface area contributed by atoms with E-state index in [0.717, 1.165) is 53.8 Å². The van der Waals surface area contributed by atoms with Crippen molar-refractivity contribution < 1.29 is 5.11 Å². The van der Waals surface area contributed by atoms with Crippen LogP contribution in [-0.4, -0.2) is 22.7 Å². The number of aromatic nitrogens is 1.